The highest BCUT2D eigenvalue weighted by Gasteiger charge is 2.23. The Morgan fingerprint density at radius 3 is 2.49 bits per heavy atom. The number of benzene rings is 2. The van der Waals surface area contributed by atoms with Crippen molar-refractivity contribution < 1.29 is 4.42 Å². The average molecular weight is 568 g/mol. The Bertz CT molecular complexity index is 1670. The second-order valence-corrected chi connectivity index (χ2v) is 13.4. The van der Waals surface area contributed by atoms with E-state index in [1.165, 1.54) is 27.8 Å². The molecule has 1 aliphatic heterocycles. The third-order valence-electron chi connectivity index (χ3n) is 8.18. The van der Waals surface area contributed by atoms with Crippen LogP contribution in [-0.2, 0) is 31.7 Å². The van der Waals surface area contributed by atoms with Gasteiger partial charge in [-0.2, -0.15) is 0 Å². The normalized spacial score (nSPS) is 14.6. The van der Waals surface area contributed by atoms with Crippen LogP contribution in [0.25, 0.3) is 33.3 Å². The Hall–Kier alpha value is -3.16. The molecule has 6 nitrogen and oxygen atoms in total. The second-order valence-electron chi connectivity index (χ2n) is 12.3. The van der Waals surface area contributed by atoms with Gasteiger partial charge in [-0.05, 0) is 74.5 Å². The lowest BCUT2D eigenvalue weighted by Crippen LogP contribution is -2.27. The molecule has 214 valence electrons. The molecule has 6 rings (SSSR count). The van der Waals surface area contributed by atoms with Gasteiger partial charge < -0.3 is 13.9 Å². The summed E-state index contributed by atoms with van der Waals surface area (Å²) in [4.78, 5) is 17.2. The summed E-state index contributed by atoms with van der Waals surface area (Å²) in [7, 11) is 2.16. The Morgan fingerprint density at radius 2 is 1.73 bits per heavy atom. The molecule has 0 radical (unpaired) electrons. The molecule has 0 unspecified atom stereocenters. The van der Waals surface area contributed by atoms with Gasteiger partial charge in [-0.3, -0.25) is 4.98 Å². The van der Waals surface area contributed by atoms with E-state index in [0.717, 1.165) is 90.1 Å². The van der Waals surface area contributed by atoms with Crippen LogP contribution in [0.4, 0.5) is 0 Å². The average Bonchev–Trinajstić information content (AvgIpc) is 3.44. The molecule has 1 aliphatic rings. The minimum atomic E-state index is -0.0769. The number of imidazole rings is 1. The summed E-state index contributed by atoms with van der Waals surface area (Å²) in [6.07, 6.45) is 4.18. The van der Waals surface area contributed by atoms with Crippen LogP contribution < -0.4 is 0 Å². The highest BCUT2D eigenvalue weighted by molar-refractivity contribution is 7.99. The Labute approximate surface area is 247 Å². The molecular formula is C34H41N5OS. The van der Waals surface area contributed by atoms with E-state index in [0.29, 0.717) is 0 Å². The summed E-state index contributed by atoms with van der Waals surface area (Å²) in [6.45, 7) is 14.0. The lowest BCUT2D eigenvalue weighted by molar-refractivity contribution is 0.289. The van der Waals surface area contributed by atoms with Crippen LogP contribution in [-0.4, -0.2) is 49.8 Å². The van der Waals surface area contributed by atoms with Crippen LogP contribution in [0, 0.1) is 6.92 Å². The van der Waals surface area contributed by atoms with Crippen molar-refractivity contribution in [1.29, 1.82) is 0 Å². The summed E-state index contributed by atoms with van der Waals surface area (Å²) < 4.78 is 8.42. The Morgan fingerprint density at radius 1 is 0.951 bits per heavy atom. The van der Waals surface area contributed by atoms with E-state index in [1.807, 2.05) is 18.7 Å². The van der Waals surface area contributed by atoms with Crippen molar-refractivity contribution in [3.8, 4) is 11.3 Å². The number of oxazole rings is 1. The second kappa shape index (κ2) is 11.3. The molecule has 0 atom stereocenters. The van der Waals surface area contributed by atoms with Crippen molar-refractivity contribution in [2.45, 2.75) is 70.9 Å². The maximum absolute atomic E-state index is 6.13. The van der Waals surface area contributed by atoms with Crippen LogP contribution in [0.1, 0.15) is 62.5 Å². The lowest BCUT2D eigenvalue weighted by atomic mass is 9.97. The molecule has 0 spiro atoms. The first kappa shape index (κ1) is 28.0. The summed E-state index contributed by atoms with van der Waals surface area (Å²) in [5.74, 6) is 1.88. The first-order valence-corrected chi connectivity index (χ1v) is 15.9. The van der Waals surface area contributed by atoms with Crippen molar-refractivity contribution in [1.82, 2.24) is 24.4 Å². The number of fused-ring (bicyclic) bond motifs is 3. The van der Waals surface area contributed by atoms with Gasteiger partial charge in [-0.15, -0.1) is 0 Å². The summed E-state index contributed by atoms with van der Waals surface area (Å²) in [5, 5.41) is 2.29. The van der Waals surface area contributed by atoms with E-state index < -0.39 is 0 Å². The van der Waals surface area contributed by atoms with Gasteiger partial charge in [0.25, 0.3) is 0 Å². The van der Waals surface area contributed by atoms with Gasteiger partial charge in [0.05, 0.1) is 16.9 Å². The molecule has 0 bridgehead atoms. The van der Waals surface area contributed by atoms with E-state index in [9.17, 15) is 0 Å². The van der Waals surface area contributed by atoms with Crippen molar-refractivity contribution in [2.75, 3.05) is 25.4 Å². The first-order valence-electron chi connectivity index (χ1n) is 14.9. The van der Waals surface area contributed by atoms with Gasteiger partial charge >= 0.3 is 0 Å². The fraction of sp³-hybridized carbons (Fsp3) is 0.441. The number of pyridine rings is 1. The molecule has 0 amide bonds. The third kappa shape index (κ3) is 5.67. The number of hydrogen-bond donors (Lipinski definition) is 0. The maximum atomic E-state index is 6.13. The zero-order chi connectivity index (χ0) is 28.7. The number of rotatable bonds is 7. The number of nitrogens with zero attached hydrogens (tertiary/aromatic N) is 5. The van der Waals surface area contributed by atoms with Crippen LogP contribution in [0.5, 0.6) is 0 Å². The Balaban J connectivity index is 1.09. The molecule has 0 aliphatic carbocycles. The Kier molecular flexibility index (Phi) is 7.68. The van der Waals surface area contributed by atoms with E-state index in [2.05, 4.69) is 86.7 Å². The first-order chi connectivity index (χ1) is 19.7. The van der Waals surface area contributed by atoms with E-state index in [-0.39, 0.29) is 5.41 Å². The molecule has 7 heteroatoms. The zero-order valence-electron chi connectivity index (χ0n) is 25.3. The van der Waals surface area contributed by atoms with Gasteiger partial charge in [0, 0.05) is 47.9 Å². The van der Waals surface area contributed by atoms with Crippen LogP contribution in [0.3, 0.4) is 0 Å². The SMILES string of the molecule is CCc1nc(SCCCN2CCc3cc4nc(C(C)(C)C)oc4cc3CC2)n(C)c1-c1cccc2nc(C)ccc12. The summed E-state index contributed by atoms with van der Waals surface area (Å²) >= 11 is 1.88. The van der Waals surface area contributed by atoms with E-state index in [4.69, 9.17) is 19.4 Å². The molecule has 2 aromatic carbocycles. The molecule has 4 heterocycles. The van der Waals surface area contributed by atoms with Gasteiger partial charge in [-0.25, -0.2) is 9.97 Å². The molecule has 3 aromatic heterocycles. The van der Waals surface area contributed by atoms with E-state index >= 15 is 0 Å². The van der Waals surface area contributed by atoms with Crippen LogP contribution in [0.2, 0.25) is 0 Å². The number of thioether (sulfide) groups is 1. The smallest absolute Gasteiger partial charge is 0.200 e. The highest BCUT2D eigenvalue weighted by Crippen LogP contribution is 2.34. The highest BCUT2D eigenvalue weighted by atomic mass is 32.2. The summed E-state index contributed by atoms with van der Waals surface area (Å²) in [5.41, 5.74) is 10.4. The molecule has 0 N–H and O–H groups in total. The van der Waals surface area contributed by atoms with Gasteiger partial charge in [0.2, 0.25) is 5.89 Å². The largest absolute Gasteiger partial charge is 0.440 e. The molecule has 41 heavy (non-hydrogen) atoms. The topological polar surface area (TPSA) is 60.0 Å². The van der Waals surface area contributed by atoms with Gasteiger partial charge in [0.15, 0.2) is 10.7 Å². The monoisotopic (exact) mass is 567 g/mol. The molecule has 0 fully saturated rings. The zero-order valence-corrected chi connectivity index (χ0v) is 26.1. The number of hydrogen-bond acceptors (Lipinski definition) is 6. The third-order valence-corrected chi connectivity index (χ3v) is 9.30. The fourth-order valence-corrected chi connectivity index (χ4v) is 6.81. The lowest BCUT2D eigenvalue weighted by Gasteiger charge is -2.19. The predicted octanol–water partition coefficient (Wildman–Crippen LogP) is 7.53. The van der Waals surface area contributed by atoms with Crippen molar-refractivity contribution in [2.24, 2.45) is 7.05 Å². The number of aryl methyl sites for hydroxylation is 2. The van der Waals surface area contributed by atoms with E-state index in [1.54, 1.807) is 0 Å². The molecule has 0 saturated heterocycles. The van der Waals surface area contributed by atoms with Crippen LogP contribution >= 0.6 is 11.8 Å². The molecular weight excluding hydrogens is 526 g/mol. The maximum Gasteiger partial charge on any atom is 0.200 e. The number of aromatic nitrogens is 4. The van der Waals surface area contributed by atoms with Crippen LogP contribution in [0.15, 0.2) is 52.0 Å². The minimum absolute atomic E-state index is 0.0769. The van der Waals surface area contributed by atoms with Gasteiger partial charge in [-0.1, -0.05) is 57.7 Å². The summed E-state index contributed by atoms with van der Waals surface area (Å²) in [6, 6.07) is 15.2. The standard InChI is InChI=1S/C34H41N5OS/c1-7-27-31(26-10-8-11-28-25(26)13-12-22(2)35-28)38(6)33(37-27)41-19-9-16-39-17-14-23-20-29-30(21-24(23)15-18-39)40-32(36-29)34(3,4)5/h8,10-13,20-21H,7,9,14-19H2,1-6H3. The van der Waals surface area contributed by atoms with Crippen molar-refractivity contribution in [3.05, 3.63) is 70.9 Å². The minimum Gasteiger partial charge on any atom is -0.440 e. The predicted molar refractivity (Wildman–Crippen MR) is 170 cm³/mol. The molecule has 5 aromatic rings. The molecule has 0 saturated carbocycles. The van der Waals surface area contributed by atoms with Crippen molar-refractivity contribution >= 4 is 33.8 Å². The van der Waals surface area contributed by atoms with Gasteiger partial charge in [0.1, 0.15) is 5.52 Å². The van der Waals surface area contributed by atoms with Crippen molar-refractivity contribution in [3.63, 3.8) is 0 Å². The fourth-order valence-electron chi connectivity index (χ4n) is 5.90. The quantitative estimate of drug-likeness (QED) is 0.150.